The fourth-order valence-electron chi connectivity index (χ4n) is 3.80. The fourth-order valence-corrected chi connectivity index (χ4v) is 5.52. The summed E-state index contributed by atoms with van der Waals surface area (Å²) in [5.74, 6) is 3.12. The summed E-state index contributed by atoms with van der Waals surface area (Å²) < 4.78 is 6.94. The maximum Gasteiger partial charge on any atom is 0.325 e. The number of hydrogen-bond donors (Lipinski definition) is 2. The average molecular weight is 472 g/mol. The molecule has 2 heterocycles. The molecular weight excluding hydrogens is 442 g/mol. The maximum absolute atomic E-state index is 12.3. The van der Waals surface area contributed by atoms with Crippen LogP contribution in [0.1, 0.15) is 43.8 Å². The SMILES string of the molecule is CN(C)c1ccc(NC(=O)Nc2ncc(SCc3ncc(CC4CCCCC4)o3)s2)cc1. The molecule has 1 aromatic carbocycles. The van der Waals surface area contributed by atoms with Gasteiger partial charge in [-0.2, -0.15) is 0 Å². The van der Waals surface area contributed by atoms with Gasteiger partial charge in [0.05, 0.1) is 22.4 Å². The van der Waals surface area contributed by atoms with Gasteiger partial charge in [0.2, 0.25) is 5.89 Å². The Bertz CT molecular complexity index is 1010. The van der Waals surface area contributed by atoms with Crippen LogP contribution < -0.4 is 15.5 Å². The zero-order valence-electron chi connectivity index (χ0n) is 18.5. The Kier molecular flexibility index (Phi) is 7.70. The first-order valence-electron chi connectivity index (χ1n) is 10.9. The van der Waals surface area contributed by atoms with Crippen molar-refractivity contribution in [2.24, 2.45) is 5.92 Å². The summed E-state index contributed by atoms with van der Waals surface area (Å²) in [7, 11) is 3.96. The van der Waals surface area contributed by atoms with Crippen LogP contribution in [0, 0.1) is 5.92 Å². The van der Waals surface area contributed by atoms with E-state index in [1.807, 2.05) is 49.5 Å². The molecule has 4 rings (SSSR count). The molecule has 170 valence electrons. The van der Waals surface area contributed by atoms with E-state index in [4.69, 9.17) is 4.42 Å². The third-order valence-corrected chi connectivity index (χ3v) is 7.59. The third kappa shape index (κ3) is 6.49. The van der Waals surface area contributed by atoms with Crippen LogP contribution in [0.3, 0.4) is 0 Å². The predicted molar refractivity (Wildman–Crippen MR) is 132 cm³/mol. The molecule has 2 N–H and O–H groups in total. The summed E-state index contributed by atoms with van der Waals surface area (Å²) in [5.41, 5.74) is 1.80. The van der Waals surface area contributed by atoms with Crippen molar-refractivity contribution in [3.63, 3.8) is 0 Å². The first-order valence-corrected chi connectivity index (χ1v) is 12.7. The van der Waals surface area contributed by atoms with E-state index >= 15 is 0 Å². The molecule has 9 heteroatoms. The van der Waals surface area contributed by atoms with Crippen LogP contribution in [-0.4, -0.2) is 30.1 Å². The smallest absolute Gasteiger partial charge is 0.325 e. The lowest BCUT2D eigenvalue weighted by atomic mass is 9.86. The Morgan fingerprint density at radius 3 is 2.66 bits per heavy atom. The molecule has 0 bridgehead atoms. The summed E-state index contributed by atoms with van der Waals surface area (Å²) >= 11 is 3.05. The minimum Gasteiger partial charge on any atom is -0.445 e. The van der Waals surface area contributed by atoms with Crippen molar-refractivity contribution in [1.29, 1.82) is 0 Å². The Labute approximate surface area is 197 Å². The van der Waals surface area contributed by atoms with Crippen LogP contribution in [0.15, 0.2) is 45.3 Å². The molecule has 1 fully saturated rings. The quantitative estimate of drug-likeness (QED) is 0.378. The number of aromatic nitrogens is 2. The van der Waals surface area contributed by atoms with Gasteiger partial charge in [-0.15, -0.1) is 11.8 Å². The second kappa shape index (κ2) is 10.9. The van der Waals surface area contributed by atoms with E-state index in [2.05, 4.69) is 20.6 Å². The highest BCUT2D eigenvalue weighted by molar-refractivity contribution is 8.00. The molecule has 0 spiro atoms. The number of nitrogens with zero attached hydrogens (tertiary/aromatic N) is 3. The van der Waals surface area contributed by atoms with Crippen LogP contribution in [0.25, 0.3) is 0 Å². The third-order valence-electron chi connectivity index (χ3n) is 5.50. The largest absolute Gasteiger partial charge is 0.445 e. The number of carbonyl (C=O) groups excluding carboxylic acids is 1. The van der Waals surface area contributed by atoms with Gasteiger partial charge in [0.15, 0.2) is 5.13 Å². The standard InChI is InChI=1S/C23H29N5O2S2/c1-28(2)18-10-8-17(9-11-18)26-22(29)27-23-25-14-21(32-23)31-15-20-24-13-19(30-20)12-16-6-4-3-5-7-16/h8-11,13-14,16H,3-7,12,15H2,1-2H3,(H2,25,26,27,29). The summed E-state index contributed by atoms with van der Waals surface area (Å²) in [4.78, 5) is 23.0. The number of oxazole rings is 1. The van der Waals surface area contributed by atoms with E-state index in [1.165, 1.54) is 43.4 Å². The molecular formula is C23H29N5O2S2. The Morgan fingerprint density at radius 2 is 1.91 bits per heavy atom. The normalized spacial score (nSPS) is 14.3. The highest BCUT2D eigenvalue weighted by atomic mass is 32.2. The highest BCUT2D eigenvalue weighted by Crippen LogP contribution is 2.31. The second-order valence-corrected chi connectivity index (χ2v) is 10.5. The van der Waals surface area contributed by atoms with Gasteiger partial charge < -0.3 is 14.6 Å². The molecule has 3 aromatic rings. The number of thiazole rings is 1. The van der Waals surface area contributed by atoms with Crippen molar-refractivity contribution in [3.05, 3.63) is 48.3 Å². The van der Waals surface area contributed by atoms with Gasteiger partial charge in [0.25, 0.3) is 0 Å². The zero-order valence-corrected chi connectivity index (χ0v) is 20.1. The minimum atomic E-state index is -0.312. The van der Waals surface area contributed by atoms with Crippen LogP contribution in [0.2, 0.25) is 0 Å². The van der Waals surface area contributed by atoms with Crippen molar-refractivity contribution < 1.29 is 9.21 Å². The number of anilines is 3. The van der Waals surface area contributed by atoms with Gasteiger partial charge in [-0.25, -0.2) is 14.8 Å². The average Bonchev–Trinajstić information content (AvgIpc) is 3.42. The first kappa shape index (κ1) is 22.7. The predicted octanol–water partition coefficient (Wildman–Crippen LogP) is 6.26. The molecule has 0 atom stereocenters. The molecule has 2 amide bonds. The lowest BCUT2D eigenvalue weighted by molar-refractivity contribution is 0.262. The van der Waals surface area contributed by atoms with Crippen molar-refractivity contribution in [2.75, 3.05) is 29.6 Å². The minimum absolute atomic E-state index is 0.312. The first-order chi connectivity index (χ1) is 15.5. The van der Waals surface area contributed by atoms with Gasteiger partial charge in [-0.05, 0) is 30.2 Å². The molecule has 1 saturated carbocycles. The van der Waals surface area contributed by atoms with Gasteiger partial charge >= 0.3 is 6.03 Å². The van der Waals surface area contributed by atoms with E-state index < -0.39 is 0 Å². The molecule has 0 saturated heterocycles. The number of carbonyl (C=O) groups is 1. The van der Waals surface area contributed by atoms with E-state index in [0.717, 1.165) is 39.6 Å². The summed E-state index contributed by atoms with van der Waals surface area (Å²) in [5, 5.41) is 6.17. The number of benzene rings is 1. The Hall–Kier alpha value is -2.52. The molecule has 2 aromatic heterocycles. The number of rotatable bonds is 8. The second-order valence-electron chi connectivity index (χ2n) is 8.22. The summed E-state index contributed by atoms with van der Waals surface area (Å²) in [6.45, 7) is 0. The van der Waals surface area contributed by atoms with Crippen LogP contribution in [0.5, 0.6) is 0 Å². The van der Waals surface area contributed by atoms with Gasteiger partial charge in [0, 0.05) is 31.9 Å². The number of urea groups is 1. The fraction of sp³-hybridized carbons (Fsp3) is 0.435. The van der Waals surface area contributed by atoms with E-state index in [0.29, 0.717) is 10.9 Å². The van der Waals surface area contributed by atoms with Crippen molar-refractivity contribution in [1.82, 2.24) is 9.97 Å². The highest BCUT2D eigenvalue weighted by Gasteiger charge is 2.16. The molecule has 7 nitrogen and oxygen atoms in total. The molecule has 0 radical (unpaired) electrons. The maximum atomic E-state index is 12.3. The Morgan fingerprint density at radius 1 is 1.12 bits per heavy atom. The van der Waals surface area contributed by atoms with Gasteiger partial charge in [-0.3, -0.25) is 5.32 Å². The molecule has 32 heavy (non-hydrogen) atoms. The molecule has 0 aliphatic heterocycles. The monoisotopic (exact) mass is 471 g/mol. The number of nitrogens with one attached hydrogen (secondary N) is 2. The van der Waals surface area contributed by atoms with Crippen molar-refractivity contribution in [3.8, 4) is 0 Å². The topological polar surface area (TPSA) is 83.3 Å². The molecule has 1 aliphatic carbocycles. The molecule has 0 unspecified atom stereocenters. The van der Waals surface area contributed by atoms with Crippen LogP contribution >= 0.6 is 23.1 Å². The summed E-state index contributed by atoms with van der Waals surface area (Å²) in [6.07, 6.45) is 11.3. The number of amides is 2. The van der Waals surface area contributed by atoms with Gasteiger partial charge in [0.1, 0.15) is 5.76 Å². The van der Waals surface area contributed by atoms with E-state index in [9.17, 15) is 4.79 Å². The zero-order chi connectivity index (χ0) is 22.3. The number of thioether (sulfide) groups is 1. The number of hydrogen-bond acceptors (Lipinski definition) is 7. The van der Waals surface area contributed by atoms with Gasteiger partial charge in [-0.1, -0.05) is 43.4 Å². The molecule has 1 aliphatic rings. The van der Waals surface area contributed by atoms with E-state index in [-0.39, 0.29) is 6.03 Å². The van der Waals surface area contributed by atoms with Crippen LogP contribution in [0.4, 0.5) is 21.3 Å². The lowest BCUT2D eigenvalue weighted by Crippen LogP contribution is -2.19. The van der Waals surface area contributed by atoms with Crippen molar-refractivity contribution in [2.45, 2.75) is 48.5 Å². The van der Waals surface area contributed by atoms with Crippen molar-refractivity contribution >= 4 is 45.6 Å². The Balaban J connectivity index is 1.23. The lowest BCUT2D eigenvalue weighted by Gasteiger charge is -2.19. The van der Waals surface area contributed by atoms with E-state index in [1.54, 1.807) is 18.0 Å². The van der Waals surface area contributed by atoms with Crippen LogP contribution in [-0.2, 0) is 12.2 Å². The summed E-state index contributed by atoms with van der Waals surface area (Å²) in [6, 6.07) is 7.34.